The van der Waals surface area contributed by atoms with Crippen LogP contribution in [-0.2, 0) is 9.59 Å². The minimum absolute atomic E-state index is 0.159. The summed E-state index contributed by atoms with van der Waals surface area (Å²) in [6.07, 6.45) is 0.559. The van der Waals surface area contributed by atoms with Crippen molar-refractivity contribution in [2.24, 2.45) is 5.84 Å². The maximum absolute atomic E-state index is 11.4. The van der Waals surface area contributed by atoms with Crippen LogP contribution >= 0.6 is 0 Å². The van der Waals surface area contributed by atoms with E-state index in [1.54, 1.807) is 24.3 Å². The number of hydrogen-bond acceptors (Lipinski definition) is 5. The lowest BCUT2D eigenvalue weighted by Crippen LogP contribution is -2.33. The van der Waals surface area contributed by atoms with E-state index in [2.05, 4.69) is 0 Å². The van der Waals surface area contributed by atoms with Crippen LogP contribution in [0.1, 0.15) is 23.2 Å². The van der Waals surface area contributed by atoms with E-state index in [9.17, 15) is 14.4 Å². The fraction of sp³-hybridized carbons (Fsp3) is 0.308. The van der Waals surface area contributed by atoms with Crippen molar-refractivity contribution in [2.45, 2.75) is 12.8 Å². The summed E-state index contributed by atoms with van der Waals surface area (Å²) in [6, 6.07) is 6.39. The van der Waals surface area contributed by atoms with Gasteiger partial charge in [0.25, 0.3) is 5.91 Å². The van der Waals surface area contributed by atoms with Crippen molar-refractivity contribution in [2.75, 3.05) is 13.2 Å². The van der Waals surface area contributed by atoms with Crippen molar-refractivity contribution in [3.05, 3.63) is 29.8 Å². The zero-order chi connectivity index (χ0) is 14.5. The van der Waals surface area contributed by atoms with Gasteiger partial charge >= 0.3 is 0 Å². The quantitative estimate of drug-likeness (QED) is 0.336. The molecule has 1 saturated heterocycles. The van der Waals surface area contributed by atoms with Crippen LogP contribution in [-0.4, -0.2) is 35.8 Å². The first-order chi connectivity index (χ1) is 9.61. The number of nitrogens with zero attached hydrogens (tertiary/aromatic N) is 1. The molecule has 2 rings (SSSR count). The summed E-state index contributed by atoms with van der Waals surface area (Å²) in [5, 5.41) is 0. The third-order valence-corrected chi connectivity index (χ3v) is 2.99. The van der Waals surface area contributed by atoms with E-state index >= 15 is 0 Å². The van der Waals surface area contributed by atoms with Gasteiger partial charge < -0.3 is 4.74 Å². The summed E-state index contributed by atoms with van der Waals surface area (Å²) < 4.78 is 5.42. The van der Waals surface area contributed by atoms with Crippen molar-refractivity contribution >= 4 is 17.7 Å². The highest BCUT2D eigenvalue weighted by Gasteiger charge is 2.28. The van der Waals surface area contributed by atoms with Crippen LogP contribution in [0.4, 0.5) is 0 Å². The largest absolute Gasteiger partial charge is 0.492 e. The van der Waals surface area contributed by atoms with Gasteiger partial charge in [0, 0.05) is 18.4 Å². The fourth-order valence-electron chi connectivity index (χ4n) is 1.91. The van der Waals surface area contributed by atoms with Gasteiger partial charge in [-0.1, -0.05) is 0 Å². The van der Waals surface area contributed by atoms with Crippen molar-refractivity contribution in [3.8, 4) is 5.75 Å². The molecule has 7 heteroatoms. The third-order valence-electron chi connectivity index (χ3n) is 2.99. The predicted molar refractivity (Wildman–Crippen MR) is 69.5 cm³/mol. The lowest BCUT2D eigenvalue weighted by molar-refractivity contribution is -0.138. The Morgan fingerprint density at radius 3 is 2.35 bits per heavy atom. The number of imide groups is 1. The normalized spacial score (nSPS) is 14.6. The monoisotopic (exact) mass is 277 g/mol. The molecule has 106 valence electrons. The number of nitrogen functional groups attached to an aromatic ring is 1. The number of amides is 3. The van der Waals surface area contributed by atoms with Gasteiger partial charge in [-0.15, -0.1) is 0 Å². The molecule has 20 heavy (non-hydrogen) atoms. The molecule has 1 aliphatic heterocycles. The highest BCUT2D eigenvalue weighted by molar-refractivity contribution is 6.01. The fourth-order valence-corrected chi connectivity index (χ4v) is 1.91. The second kappa shape index (κ2) is 6.16. The summed E-state index contributed by atoms with van der Waals surface area (Å²) in [4.78, 5) is 35.2. The lowest BCUT2D eigenvalue weighted by atomic mass is 10.2. The first kappa shape index (κ1) is 14.0. The Morgan fingerprint density at radius 2 is 1.80 bits per heavy atom. The van der Waals surface area contributed by atoms with E-state index in [1.807, 2.05) is 5.43 Å². The molecular weight excluding hydrogens is 262 g/mol. The predicted octanol–water partition coefficient (Wildman–Crippen LogP) is -0.182. The highest BCUT2D eigenvalue weighted by Crippen LogP contribution is 2.14. The number of nitrogens with one attached hydrogen (secondary N) is 1. The van der Waals surface area contributed by atoms with E-state index in [0.717, 1.165) is 0 Å². The molecule has 3 amide bonds. The topological polar surface area (TPSA) is 102 Å². The van der Waals surface area contributed by atoms with Crippen LogP contribution in [0.3, 0.4) is 0 Å². The van der Waals surface area contributed by atoms with E-state index in [4.69, 9.17) is 10.6 Å². The first-order valence-electron chi connectivity index (χ1n) is 6.19. The van der Waals surface area contributed by atoms with Crippen LogP contribution in [0, 0.1) is 0 Å². The number of hydrogen-bond donors (Lipinski definition) is 2. The number of carbonyl (C=O) groups is 3. The Bertz CT molecular complexity index is 511. The molecule has 1 aliphatic rings. The van der Waals surface area contributed by atoms with Gasteiger partial charge in [0.05, 0.1) is 6.54 Å². The molecule has 0 saturated carbocycles. The van der Waals surface area contributed by atoms with Crippen molar-refractivity contribution in [1.82, 2.24) is 10.3 Å². The smallest absolute Gasteiger partial charge is 0.265 e. The van der Waals surface area contributed by atoms with Crippen LogP contribution in [0.15, 0.2) is 24.3 Å². The second-order valence-corrected chi connectivity index (χ2v) is 4.29. The van der Waals surface area contributed by atoms with E-state index in [1.165, 1.54) is 4.90 Å². The number of rotatable bonds is 5. The number of nitrogens with two attached hydrogens (primary N) is 1. The van der Waals surface area contributed by atoms with Gasteiger partial charge in [-0.25, -0.2) is 5.84 Å². The highest BCUT2D eigenvalue weighted by atomic mass is 16.5. The number of carbonyl (C=O) groups excluding carboxylic acids is 3. The van der Waals surface area contributed by atoms with Gasteiger partial charge in [-0.2, -0.15) is 0 Å². The van der Waals surface area contributed by atoms with Crippen molar-refractivity contribution in [3.63, 3.8) is 0 Å². The van der Waals surface area contributed by atoms with Gasteiger partial charge in [0.1, 0.15) is 12.4 Å². The Labute approximate surface area is 115 Å². The lowest BCUT2D eigenvalue weighted by Gasteiger charge is -2.14. The maximum atomic E-state index is 11.4. The molecule has 1 fully saturated rings. The van der Waals surface area contributed by atoms with E-state index in [0.29, 0.717) is 11.3 Å². The molecule has 3 N–H and O–H groups in total. The number of benzene rings is 1. The van der Waals surface area contributed by atoms with Gasteiger partial charge in [0.15, 0.2) is 0 Å². The zero-order valence-electron chi connectivity index (χ0n) is 10.8. The van der Waals surface area contributed by atoms with Crippen LogP contribution in [0.5, 0.6) is 5.75 Å². The molecule has 1 aromatic rings. The molecule has 0 unspecified atom stereocenters. The van der Waals surface area contributed by atoms with Gasteiger partial charge in [-0.3, -0.25) is 24.7 Å². The summed E-state index contributed by atoms with van der Waals surface area (Å²) >= 11 is 0. The minimum Gasteiger partial charge on any atom is -0.492 e. The standard InChI is InChI=1S/C13H15N3O4/c14-15-13(19)9-1-3-10(4-2-9)20-8-7-16-11(17)5-6-12(16)18/h1-4H,5-8,14H2,(H,15,19). The van der Waals surface area contributed by atoms with Crippen molar-refractivity contribution in [1.29, 1.82) is 0 Å². The van der Waals surface area contributed by atoms with Crippen LogP contribution in [0.25, 0.3) is 0 Å². The Balaban J connectivity index is 1.84. The molecule has 0 atom stereocenters. The maximum Gasteiger partial charge on any atom is 0.265 e. The first-order valence-corrected chi connectivity index (χ1v) is 6.19. The molecule has 7 nitrogen and oxygen atoms in total. The average molecular weight is 277 g/mol. The molecule has 0 spiro atoms. The third kappa shape index (κ3) is 3.12. The number of hydrazine groups is 1. The Morgan fingerprint density at radius 1 is 1.20 bits per heavy atom. The van der Waals surface area contributed by atoms with Gasteiger partial charge in [0.2, 0.25) is 11.8 Å². The molecule has 0 bridgehead atoms. The molecule has 0 aliphatic carbocycles. The molecule has 0 aromatic heterocycles. The average Bonchev–Trinajstić information content (AvgIpc) is 2.79. The summed E-state index contributed by atoms with van der Waals surface area (Å²) in [5.41, 5.74) is 2.45. The zero-order valence-corrected chi connectivity index (χ0v) is 10.8. The molecule has 0 radical (unpaired) electrons. The second-order valence-electron chi connectivity index (χ2n) is 4.29. The van der Waals surface area contributed by atoms with Crippen molar-refractivity contribution < 1.29 is 19.1 Å². The summed E-state index contributed by atoms with van der Waals surface area (Å²) in [5.74, 6) is 4.87. The van der Waals surface area contributed by atoms with E-state index < -0.39 is 0 Å². The van der Waals surface area contributed by atoms with Gasteiger partial charge in [-0.05, 0) is 24.3 Å². The van der Waals surface area contributed by atoms with Crippen LogP contribution in [0.2, 0.25) is 0 Å². The summed E-state index contributed by atoms with van der Waals surface area (Å²) in [7, 11) is 0. The minimum atomic E-state index is -0.384. The SMILES string of the molecule is NNC(=O)c1ccc(OCCN2C(=O)CCC2=O)cc1. The molecule has 1 heterocycles. The molecular formula is C13H15N3O4. The Kier molecular flexibility index (Phi) is 4.31. The van der Waals surface area contributed by atoms with Crippen LogP contribution < -0.4 is 16.0 Å². The number of likely N-dealkylation sites (tertiary alicyclic amines) is 1. The summed E-state index contributed by atoms with van der Waals surface area (Å²) in [6.45, 7) is 0.461. The molecule has 1 aromatic carbocycles. The number of ether oxygens (including phenoxy) is 1. The van der Waals surface area contributed by atoms with E-state index in [-0.39, 0.29) is 43.7 Å². The Hall–Kier alpha value is -2.41.